The van der Waals surface area contributed by atoms with Crippen molar-refractivity contribution in [3.05, 3.63) is 46.9 Å². The number of amides is 1. The van der Waals surface area contributed by atoms with Crippen LogP contribution in [-0.4, -0.2) is 28.3 Å². The van der Waals surface area contributed by atoms with E-state index >= 15 is 0 Å². The van der Waals surface area contributed by atoms with Crippen molar-refractivity contribution in [1.29, 1.82) is 0 Å². The van der Waals surface area contributed by atoms with E-state index in [0.717, 1.165) is 6.42 Å². The number of nitrogens with two attached hydrogens (primary N) is 1. The van der Waals surface area contributed by atoms with Gasteiger partial charge >= 0.3 is 6.09 Å². The first-order valence-electron chi connectivity index (χ1n) is 8.22. The van der Waals surface area contributed by atoms with Crippen LogP contribution in [0.2, 0.25) is 0 Å². The van der Waals surface area contributed by atoms with Gasteiger partial charge in [-0.05, 0) is 33.3 Å². The van der Waals surface area contributed by atoms with E-state index in [1.807, 2.05) is 6.92 Å². The quantitative estimate of drug-likeness (QED) is 0.768. The Hall–Kier alpha value is -3.03. The van der Waals surface area contributed by atoms with E-state index in [2.05, 4.69) is 15.3 Å². The summed E-state index contributed by atoms with van der Waals surface area (Å²) in [4.78, 5) is 28.6. The van der Waals surface area contributed by atoms with E-state index in [-0.39, 0.29) is 5.43 Å². The number of hydrogen-bond acceptors (Lipinski definition) is 6. The number of carbonyl (C=O) groups excluding carboxylic acids is 1. The fourth-order valence-electron chi connectivity index (χ4n) is 1.66. The zero-order valence-electron chi connectivity index (χ0n) is 15.5. The van der Waals surface area contributed by atoms with E-state index in [1.165, 1.54) is 18.3 Å². The summed E-state index contributed by atoms with van der Waals surface area (Å²) in [5.41, 5.74) is 4.61. The summed E-state index contributed by atoms with van der Waals surface area (Å²) in [6.07, 6.45) is 3.50. The molecule has 8 nitrogen and oxygen atoms in total. The molecule has 142 valence electrons. The summed E-state index contributed by atoms with van der Waals surface area (Å²) in [7, 11) is 0. The molecule has 8 heteroatoms. The Morgan fingerprint density at radius 3 is 2.58 bits per heavy atom. The van der Waals surface area contributed by atoms with Gasteiger partial charge in [0, 0.05) is 30.6 Å². The van der Waals surface area contributed by atoms with Crippen LogP contribution in [0.15, 0.2) is 41.5 Å². The highest BCUT2D eigenvalue weighted by Gasteiger charge is 2.16. The first-order valence-corrected chi connectivity index (χ1v) is 8.22. The highest BCUT2D eigenvalue weighted by molar-refractivity contribution is 5.83. The summed E-state index contributed by atoms with van der Waals surface area (Å²) >= 11 is 0. The van der Waals surface area contributed by atoms with Crippen molar-refractivity contribution in [3.63, 3.8) is 0 Å². The second-order valence-corrected chi connectivity index (χ2v) is 6.33. The molecule has 2 aromatic rings. The molecule has 0 unspecified atom stereocenters. The van der Waals surface area contributed by atoms with Gasteiger partial charge < -0.3 is 20.2 Å². The minimum absolute atomic E-state index is 0.0683. The maximum atomic E-state index is 11.5. The fraction of sp³-hybridized carbons (Fsp3) is 0.389. The van der Waals surface area contributed by atoms with Gasteiger partial charge in [-0.15, -0.1) is 0 Å². The molecule has 0 radical (unpaired) electrons. The topological polar surface area (TPSA) is 119 Å². The highest BCUT2D eigenvalue weighted by Crippen LogP contribution is 2.16. The van der Waals surface area contributed by atoms with Crippen molar-refractivity contribution in [1.82, 2.24) is 9.97 Å². The number of carbonyl (C=O) groups is 1. The molecule has 2 rings (SSSR count). The second-order valence-electron chi connectivity index (χ2n) is 6.33. The van der Waals surface area contributed by atoms with E-state index < -0.39 is 11.7 Å². The highest BCUT2D eigenvalue weighted by atomic mass is 16.6. The van der Waals surface area contributed by atoms with Crippen LogP contribution in [0.25, 0.3) is 0 Å². The van der Waals surface area contributed by atoms with Crippen LogP contribution in [0.1, 0.15) is 34.1 Å². The summed E-state index contributed by atoms with van der Waals surface area (Å²) in [5, 5.41) is 2.56. The molecule has 26 heavy (non-hydrogen) atoms. The Labute approximate surface area is 152 Å². The second kappa shape index (κ2) is 10.1. The Morgan fingerprint density at radius 1 is 1.31 bits per heavy atom. The lowest BCUT2D eigenvalue weighted by Gasteiger charge is -2.19. The average Bonchev–Trinajstić information content (AvgIpc) is 2.52. The number of nitrogens with one attached hydrogen (secondary N) is 2. The molecule has 0 atom stereocenters. The van der Waals surface area contributed by atoms with Gasteiger partial charge in [-0.2, -0.15) is 0 Å². The Morgan fingerprint density at radius 2 is 2.04 bits per heavy atom. The van der Waals surface area contributed by atoms with Gasteiger partial charge in [0.05, 0.1) is 6.61 Å². The lowest BCUT2D eigenvalue weighted by atomic mass is 10.2. The maximum Gasteiger partial charge on any atom is 0.413 e. The van der Waals surface area contributed by atoms with Crippen LogP contribution >= 0.6 is 0 Å². The lowest BCUT2D eigenvalue weighted by Crippen LogP contribution is -2.27. The normalized spacial score (nSPS) is 10.3. The summed E-state index contributed by atoms with van der Waals surface area (Å²) in [6, 6.07) is 6.16. The molecule has 0 aliphatic rings. The molecule has 0 saturated heterocycles. The van der Waals surface area contributed by atoms with Crippen molar-refractivity contribution in [2.75, 3.05) is 17.7 Å². The lowest BCUT2D eigenvalue weighted by molar-refractivity contribution is 0.0635. The van der Waals surface area contributed by atoms with E-state index in [4.69, 9.17) is 15.2 Å². The molecule has 1 amide bonds. The van der Waals surface area contributed by atoms with E-state index in [0.29, 0.717) is 24.0 Å². The van der Waals surface area contributed by atoms with Gasteiger partial charge in [-0.1, -0.05) is 6.92 Å². The van der Waals surface area contributed by atoms with Gasteiger partial charge in [0.1, 0.15) is 23.0 Å². The van der Waals surface area contributed by atoms with Crippen LogP contribution in [0, 0.1) is 0 Å². The van der Waals surface area contributed by atoms with Crippen LogP contribution < -0.4 is 21.2 Å². The maximum absolute atomic E-state index is 11.5. The van der Waals surface area contributed by atoms with E-state index in [1.54, 1.807) is 39.1 Å². The standard InChI is InChI=1S/C13H20N2O3.C5H6N2O/c1-5-8-17-10-6-7-14-11(9-10)15-12(16)18-13(2,3)4;6-5-3-4(8)1-2-7-5/h6-7,9H,5,8H2,1-4H3,(H,14,15,16);1-3H,(H3,6,7,8). The van der Waals surface area contributed by atoms with Crippen molar-refractivity contribution in [2.24, 2.45) is 0 Å². The SMILES string of the molecule is CCCOc1ccnc(NC(=O)OC(C)(C)C)c1.Nc1cc(=O)cc[nH]1. The number of nitrogens with zero attached hydrogens (tertiary/aromatic N) is 1. The number of H-pyrrole nitrogens is 1. The smallest absolute Gasteiger partial charge is 0.413 e. The molecule has 0 aromatic carbocycles. The Balaban J connectivity index is 0.000000350. The molecule has 0 spiro atoms. The van der Waals surface area contributed by atoms with Crippen molar-refractivity contribution in [3.8, 4) is 5.75 Å². The molecule has 0 bridgehead atoms. The molecule has 0 aliphatic carbocycles. The predicted molar refractivity (Wildman–Crippen MR) is 101 cm³/mol. The van der Waals surface area contributed by atoms with Crippen LogP contribution in [0.5, 0.6) is 5.75 Å². The predicted octanol–water partition coefficient (Wildman–Crippen LogP) is 3.17. The molecule has 0 aliphatic heterocycles. The number of hydrogen-bond donors (Lipinski definition) is 3. The van der Waals surface area contributed by atoms with Crippen molar-refractivity contribution >= 4 is 17.7 Å². The van der Waals surface area contributed by atoms with Gasteiger partial charge in [0.2, 0.25) is 0 Å². The third-order valence-electron chi connectivity index (χ3n) is 2.63. The minimum Gasteiger partial charge on any atom is -0.493 e. The third kappa shape index (κ3) is 9.31. The van der Waals surface area contributed by atoms with Crippen LogP contribution in [0.3, 0.4) is 0 Å². The van der Waals surface area contributed by atoms with Gasteiger partial charge in [-0.25, -0.2) is 9.78 Å². The Kier molecular flexibility index (Phi) is 8.14. The van der Waals surface area contributed by atoms with Crippen LogP contribution in [0.4, 0.5) is 16.4 Å². The first-order chi connectivity index (χ1) is 12.2. The summed E-state index contributed by atoms with van der Waals surface area (Å²) in [5.74, 6) is 1.49. The van der Waals surface area contributed by atoms with Crippen LogP contribution in [-0.2, 0) is 4.74 Å². The van der Waals surface area contributed by atoms with Crippen molar-refractivity contribution in [2.45, 2.75) is 39.7 Å². The molecule has 4 N–H and O–H groups in total. The summed E-state index contributed by atoms with van der Waals surface area (Å²) in [6.45, 7) is 8.08. The third-order valence-corrected chi connectivity index (χ3v) is 2.63. The average molecular weight is 362 g/mol. The number of aromatic nitrogens is 2. The summed E-state index contributed by atoms with van der Waals surface area (Å²) < 4.78 is 10.6. The molecule has 2 aromatic heterocycles. The van der Waals surface area contributed by atoms with Gasteiger partial charge in [0.15, 0.2) is 5.43 Å². The molecular formula is C18H26N4O4. The molecule has 0 saturated carbocycles. The van der Waals surface area contributed by atoms with Gasteiger partial charge in [0.25, 0.3) is 0 Å². The minimum atomic E-state index is -0.527. The first kappa shape index (κ1) is 21.0. The fourth-order valence-corrected chi connectivity index (χ4v) is 1.66. The molecular weight excluding hydrogens is 336 g/mol. The number of nitrogen functional groups attached to an aromatic ring is 1. The zero-order chi connectivity index (χ0) is 19.6. The number of pyridine rings is 2. The molecule has 2 heterocycles. The Bertz CT molecular complexity index is 753. The monoisotopic (exact) mass is 362 g/mol. The number of rotatable bonds is 4. The number of aromatic amines is 1. The largest absolute Gasteiger partial charge is 0.493 e. The number of anilines is 2. The van der Waals surface area contributed by atoms with E-state index in [9.17, 15) is 9.59 Å². The van der Waals surface area contributed by atoms with Gasteiger partial charge in [-0.3, -0.25) is 10.1 Å². The number of ether oxygens (including phenoxy) is 2. The molecule has 0 fully saturated rings. The zero-order valence-corrected chi connectivity index (χ0v) is 15.5. The van der Waals surface area contributed by atoms with Crippen molar-refractivity contribution < 1.29 is 14.3 Å².